The molecule has 3 heteroatoms. The van der Waals surface area contributed by atoms with Gasteiger partial charge < -0.3 is 0 Å². The first-order valence-electron chi connectivity index (χ1n) is 17.2. The fraction of sp³-hybridized carbons (Fsp3) is 0.0638. The molecule has 2 nitrogen and oxygen atoms in total. The van der Waals surface area contributed by atoms with Crippen molar-refractivity contribution in [2.75, 3.05) is 0 Å². The molecule has 0 N–H and O–H groups in total. The van der Waals surface area contributed by atoms with E-state index in [1.54, 1.807) is 0 Å². The Labute approximate surface area is 295 Å². The van der Waals surface area contributed by atoms with Crippen LogP contribution in [-0.4, -0.2) is 9.97 Å². The van der Waals surface area contributed by atoms with Gasteiger partial charge in [-0.05, 0) is 74.5 Å². The molecule has 0 saturated heterocycles. The number of thiophene rings is 1. The molecule has 0 saturated carbocycles. The molecule has 0 radical (unpaired) electrons. The second-order valence-corrected chi connectivity index (χ2v) is 14.8. The van der Waals surface area contributed by atoms with Crippen LogP contribution < -0.4 is 0 Å². The van der Waals surface area contributed by atoms with Gasteiger partial charge in [0.1, 0.15) is 0 Å². The Bertz CT molecular complexity index is 2790. The third-order valence-electron chi connectivity index (χ3n) is 10.5. The molecule has 1 aliphatic carbocycles. The first-order valence-corrected chi connectivity index (χ1v) is 18.0. The lowest BCUT2D eigenvalue weighted by Gasteiger charge is -2.22. The molecule has 2 heterocycles. The maximum absolute atomic E-state index is 5.31. The van der Waals surface area contributed by atoms with E-state index in [-0.39, 0.29) is 5.41 Å². The summed E-state index contributed by atoms with van der Waals surface area (Å²) in [5, 5.41) is 5.06. The van der Waals surface area contributed by atoms with Gasteiger partial charge in [-0.1, -0.05) is 141 Å². The van der Waals surface area contributed by atoms with E-state index in [2.05, 4.69) is 166 Å². The molecule has 0 amide bonds. The fourth-order valence-electron chi connectivity index (χ4n) is 8.07. The molecule has 0 unspecified atom stereocenters. The molecule has 0 fully saturated rings. The average Bonchev–Trinajstić information content (AvgIpc) is 3.66. The van der Waals surface area contributed by atoms with Gasteiger partial charge in [-0.25, -0.2) is 9.97 Å². The van der Waals surface area contributed by atoms with E-state index in [1.807, 2.05) is 17.4 Å². The Morgan fingerprint density at radius 3 is 1.92 bits per heavy atom. The molecule has 236 valence electrons. The van der Waals surface area contributed by atoms with Crippen LogP contribution in [0.15, 0.2) is 158 Å². The van der Waals surface area contributed by atoms with E-state index < -0.39 is 0 Å². The SMILES string of the molecule is CC1(C)c2cc3ccccc3cc2-c2c(-c3ccccc3-c3cc(-c4cccc5sc6ccccc6c45)nc(-c4ccccc4)n3)cccc21. The van der Waals surface area contributed by atoms with Crippen LogP contribution in [0.2, 0.25) is 0 Å². The Balaban J connectivity index is 1.23. The second kappa shape index (κ2) is 11.1. The molecule has 0 atom stereocenters. The molecular weight excluding hydrogens is 625 g/mol. The summed E-state index contributed by atoms with van der Waals surface area (Å²) in [5.41, 5.74) is 12.7. The van der Waals surface area contributed by atoms with Crippen molar-refractivity contribution in [1.82, 2.24) is 9.97 Å². The Morgan fingerprint density at radius 2 is 1.08 bits per heavy atom. The maximum Gasteiger partial charge on any atom is 0.160 e. The van der Waals surface area contributed by atoms with Gasteiger partial charge in [0.05, 0.1) is 11.4 Å². The number of fused-ring (bicyclic) bond motifs is 7. The van der Waals surface area contributed by atoms with Crippen molar-refractivity contribution >= 4 is 42.3 Å². The first kappa shape index (κ1) is 29.1. The highest BCUT2D eigenvalue weighted by Crippen LogP contribution is 2.54. The standard InChI is InChI=1S/C47H32N2S/c1-47(2)38-23-12-21-34(44(38)37-26-30-16-6-7-17-31(30)27-39(37)47)32-18-8-9-19-33(32)40-28-41(49-46(48-40)29-14-4-3-5-15-29)35-22-13-25-43-45(35)36-20-10-11-24-42(36)50-43/h3-28H,1-2H3. The van der Waals surface area contributed by atoms with Crippen LogP contribution in [0, 0.1) is 0 Å². The predicted octanol–water partition coefficient (Wildman–Crippen LogP) is 13.0. The highest BCUT2D eigenvalue weighted by molar-refractivity contribution is 7.25. The van der Waals surface area contributed by atoms with E-state index in [9.17, 15) is 0 Å². The van der Waals surface area contributed by atoms with Crippen LogP contribution in [0.1, 0.15) is 25.0 Å². The van der Waals surface area contributed by atoms with Gasteiger partial charge in [-0.15, -0.1) is 11.3 Å². The van der Waals surface area contributed by atoms with Crippen LogP contribution in [0.5, 0.6) is 0 Å². The normalized spacial score (nSPS) is 13.2. The number of hydrogen-bond donors (Lipinski definition) is 0. The van der Waals surface area contributed by atoms with Gasteiger partial charge in [-0.3, -0.25) is 0 Å². The van der Waals surface area contributed by atoms with Crippen molar-refractivity contribution in [3.8, 4) is 56.2 Å². The number of hydrogen-bond acceptors (Lipinski definition) is 3. The van der Waals surface area contributed by atoms with Crippen molar-refractivity contribution in [2.24, 2.45) is 0 Å². The summed E-state index contributed by atoms with van der Waals surface area (Å²) in [4.78, 5) is 10.6. The van der Waals surface area contributed by atoms with Crippen LogP contribution in [0.3, 0.4) is 0 Å². The first-order chi connectivity index (χ1) is 24.5. The molecule has 1 aliphatic rings. The molecule has 9 aromatic rings. The summed E-state index contributed by atoms with van der Waals surface area (Å²) in [5.74, 6) is 0.723. The van der Waals surface area contributed by atoms with E-state index in [0.717, 1.165) is 33.9 Å². The zero-order chi connectivity index (χ0) is 33.4. The fourth-order valence-corrected chi connectivity index (χ4v) is 9.20. The summed E-state index contributed by atoms with van der Waals surface area (Å²) in [6.45, 7) is 4.72. The summed E-state index contributed by atoms with van der Waals surface area (Å²) >= 11 is 1.83. The second-order valence-electron chi connectivity index (χ2n) is 13.7. The average molecular weight is 657 g/mol. The molecule has 50 heavy (non-hydrogen) atoms. The highest BCUT2D eigenvalue weighted by Gasteiger charge is 2.37. The van der Waals surface area contributed by atoms with E-state index in [0.29, 0.717) is 0 Å². The number of benzene rings is 7. The smallest absolute Gasteiger partial charge is 0.160 e. The van der Waals surface area contributed by atoms with Crippen molar-refractivity contribution in [2.45, 2.75) is 19.3 Å². The zero-order valence-corrected chi connectivity index (χ0v) is 28.6. The molecular formula is C47H32N2S. The molecule has 10 rings (SSSR count). The molecule has 2 aromatic heterocycles. The number of nitrogens with zero attached hydrogens (tertiary/aromatic N) is 2. The lowest BCUT2D eigenvalue weighted by Crippen LogP contribution is -2.14. The van der Waals surface area contributed by atoms with E-state index >= 15 is 0 Å². The van der Waals surface area contributed by atoms with Crippen LogP contribution >= 0.6 is 11.3 Å². The Kier molecular flexibility index (Phi) is 6.43. The van der Waals surface area contributed by atoms with Crippen LogP contribution in [0.25, 0.3) is 87.1 Å². The highest BCUT2D eigenvalue weighted by atomic mass is 32.1. The lowest BCUT2D eigenvalue weighted by molar-refractivity contribution is 0.661. The minimum atomic E-state index is -0.121. The number of rotatable bonds is 4. The third kappa shape index (κ3) is 4.40. The van der Waals surface area contributed by atoms with Crippen LogP contribution in [0.4, 0.5) is 0 Å². The van der Waals surface area contributed by atoms with Gasteiger partial charge in [-0.2, -0.15) is 0 Å². The topological polar surface area (TPSA) is 25.8 Å². The Hall–Kier alpha value is -5.90. The van der Waals surface area contributed by atoms with E-state index in [1.165, 1.54) is 64.3 Å². The minimum absolute atomic E-state index is 0.121. The third-order valence-corrected chi connectivity index (χ3v) is 11.6. The summed E-state index contributed by atoms with van der Waals surface area (Å²) < 4.78 is 2.55. The van der Waals surface area contributed by atoms with Gasteiger partial charge in [0.15, 0.2) is 5.82 Å². The summed E-state index contributed by atoms with van der Waals surface area (Å²) in [6, 6.07) is 56.9. The van der Waals surface area contributed by atoms with Crippen molar-refractivity contribution < 1.29 is 0 Å². The number of aromatic nitrogens is 2. The minimum Gasteiger partial charge on any atom is -0.228 e. The van der Waals surface area contributed by atoms with Crippen molar-refractivity contribution in [3.05, 3.63) is 169 Å². The zero-order valence-electron chi connectivity index (χ0n) is 27.8. The van der Waals surface area contributed by atoms with Gasteiger partial charge in [0.2, 0.25) is 0 Å². The summed E-state index contributed by atoms with van der Waals surface area (Å²) in [7, 11) is 0. The monoisotopic (exact) mass is 656 g/mol. The van der Waals surface area contributed by atoms with Crippen molar-refractivity contribution in [1.29, 1.82) is 0 Å². The molecule has 0 aliphatic heterocycles. The molecule has 0 bridgehead atoms. The van der Waals surface area contributed by atoms with Gasteiger partial charge >= 0.3 is 0 Å². The molecule has 0 spiro atoms. The predicted molar refractivity (Wildman–Crippen MR) is 212 cm³/mol. The maximum atomic E-state index is 5.31. The van der Waals surface area contributed by atoms with Crippen molar-refractivity contribution in [3.63, 3.8) is 0 Å². The quantitative estimate of drug-likeness (QED) is 0.188. The largest absolute Gasteiger partial charge is 0.228 e. The molecule has 7 aromatic carbocycles. The Morgan fingerprint density at radius 1 is 0.460 bits per heavy atom. The summed E-state index contributed by atoms with van der Waals surface area (Å²) in [6.07, 6.45) is 0. The van der Waals surface area contributed by atoms with E-state index in [4.69, 9.17) is 9.97 Å². The van der Waals surface area contributed by atoms with Gasteiger partial charge in [0.25, 0.3) is 0 Å². The lowest BCUT2D eigenvalue weighted by atomic mass is 9.81. The van der Waals surface area contributed by atoms with Crippen LogP contribution in [-0.2, 0) is 5.41 Å². The van der Waals surface area contributed by atoms with Gasteiger partial charge in [0, 0.05) is 42.3 Å².